The highest BCUT2D eigenvalue weighted by atomic mass is 19.1. The molecule has 0 spiro atoms. The highest BCUT2D eigenvalue weighted by molar-refractivity contribution is 5.66. The first-order valence-electron chi connectivity index (χ1n) is 8.35. The second kappa shape index (κ2) is 7.65. The number of aliphatic carboxylic acids is 1. The number of ether oxygens (including phenoxy) is 1. The summed E-state index contributed by atoms with van der Waals surface area (Å²) in [5, 5.41) is 13.2. The third-order valence-electron chi connectivity index (χ3n) is 4.50. The minimum Gasteiger partial charge on any atom is -0.494 e. The van der Waals surface area contributed by atoms with Gasteiger partial charge in [0.05, 0.1) is 12.8 Å². The minimum atomic E-state index is -0.901. The number of carboxylic acids is 1. The molecule has 0 amide bonds. The number of benzene rings is 1. The van der Waals surface area contributed by atoms with Crippen LogP contribution < -0.4 is 4.74 Å². The third kappa shape index (κ3) is 4.36. The molecular weight excluding hydrogens is 325 g/mol. The number of carboxylic acid groups (broad SMARTS) is 1. The van der Waals surface area contributed by atoms with Crippen LogP contribution in [0.5, 0.6) is 5.75 Å². The van der Waals surface area contributed by atoms with Gasteiger partial charge in [0.15, 0.2) is 11.6 Å². The Morgan fingerprint density at radius 2 is 2.28 bits per heavy atom. The maximum atomic E-state index is 13.8. The molecule has 25 heavy (non-hydrogen) atoms. The van der Waals surface area contributed by atoms with Crippen molar-refractivity contribution in [2.45, 2.75) is 31.8 Å². The smallest absolute Gasteiger partial charge is 0.325 e. The number of hydrogen-bond acceptors (Lipinski definition) is 4. The van der Waals surface area contributed by atoms with Crippen LogP contribution >= 0.6 is 0 Å². The summed E-state index contributed by atoms with van der Waals surface area (Å²) in [4.78, 5) is 13.1. The number of carbonyl (C=O) groups is 1. The van der Waals surface area contributed by atoms with Crippen molar-refractivity contribution >= 4 is 5.97 Å². The maximum absolute atomic E-state index is 13.8. The van der Waals surface area contributed by atoms with Crippen molar-refractivity contribution in [2.24, 2.45) is 0 Å². The van der Waals surface area contributed by atoms with Crippen molar-refractivity contribution < 1.29 is 19.0 Å². The summed E-state index contributed by atoms with van der Waals surface area (Å²) in [7, 11) is 1.46. The lowest BCUT2D eigenvalue weighted by molar-refractivity contribution is -0.137. The van der Waals surface area contributed by atoms with Crippen molar-refractivity contribution in [3.05, 3.63) is 47.5 Å². The van der Waals surface area contributed by atoms with E-state index in [2.05, 4.69) is 10.00 Å². The fourth-order valence-electron chi connectivity index (χ4n) is 3.33. The fraction of sp³-hybridized carbons (Fsp3) is 0.444. The lowest BCUT2D eigenvalue weighted by atomic mass is 9.94. The van der Waals surface area contributed by atoms with Crippen LogP contribution in [-0.2, 0) is 17.9 Å². The molecule has 1 aromatic heterocycles. The van der Waals surface area contributed by atoms with Gasteiger partial charge in [0.2, 0.25) is 0 Å². The van der Waals surface area contributed by atoms with Gasteiger partial charge in [0.1, 0.15) is 6.54 Å². The summed E-state index contributed by atoms with van der Waals surface area (Å²) in [6.45, 7) is 2.34. The van der Waals surface area contributed by atoms with Crippen LogP contribution in [0.4, 0.5) is 4.39 Å². The number of halogens is 1. The Kier molecular flexibility index (Phi) is 5.33. The highest BCUT2D eigenvalue weighted by Gasteiger charge is 2.23. The van der Waals surface area contributed by atoms with Crippen LogP contribution in [0.25, 0.3) is 0 Å². The molecule has 1 fully saturated rings. The van der Waals surface area contributed by atoms with Crippen LogP contribution in [0.3, 0.4) is 0 Å². The van der Waals surface area contributed by atoms with E-state index in [1.54, 1.807) is 12.3 Å². The lowest BCUT2D eigenvalue weighted by Crippen LogP contribution is -2.34. The molecule has 1 aliphatic rings. The van der Waals surface area contributed by atoms with Gasteiger partial charge in [0.25, 0.3) is 0 Å². The standard InChI is InChI=1S/C18H22FN3O3/c1-25-17-5-4-13(9-15(17)19)10-21-7-2-3-14(11-21)16-6-8-22(20-16)12-18(23)24/h4-6,8-9,14H,2-3,7,10-12H2,1H3,(H,23,24)/t14-/m1/s1. The molecule has 0 radical (unpaired) electrons. The Hall–Kier alpha value is -2.41. The molecule has 1 aromatic carbocycles. The van der Waals surface area contributed by atoms with E-state index >= 15 is 0 Å². The Labute approximate surface area is 145 Å². The Morgan fingerprint density at radius 3 is 3.00 bits per heavy atom. The lowest BCUT2D eigenvalue weighted by Gasteiger charge is -2.32. The fourth-order valence-corrected chi connectivity index (χ4v) is 3.33. The topological polar surface area (TPSA) is 67.6 Å². The molecule has 0 bridgehead atoms. The normalized spacial score (nSPS) is 18.2. The molecule has 0 unspecified atom stereocenters. The van der Waals surface area contributed by atoms with Crippen LogP contribution in [0.1, 0.15) is 30.0 Å². The molecule has 1 saturated heterocycles. The molecule has 3 rings (SSSR count). The van der Waals surface area contributed by atoms with E-state index in [0.717, 1.165) is 37.2 Å². The van der Waals surface area contributed by atoms with Gasteiger partial charge in [-0.2, -0.15) is 5.10 Å². The first kappa shape index (κ1) is 17.4. The molecule has 0 saturated carbocycles. The Bertz CT molecular complexity index is 747. The molecule has 2 heterocycles. The molecule has 6 nitrogen and oxygen atoms in total. The molecular formula is C18H22FN3O3. The molecule has 1 aliphatic heterocycles. The quantitative estimate of drug-likeness (QED) is 0.870. The summed E-state index contributed by atoms with van der Waals surface area (Å²) >= 11 is 0. The number of nitrogens with zero attached hydrogens (tertiary/aromatic N) is 3. The number of hydrogen-bond donors (Lipinski definition) is 1. The van der Waals surface area contributed by atoms with E-state index in [9.17, 15) is 9.18 Å². The van der Waals surface area contributed by atoms with E-state index in [0.29, 0.717) is 6.54 Å². The van der Waals surface area contributed by atoms with Gasteiger partial charge in [-0.05, 0) is 43.1 Å². The zero-order valence-corrected chi connectivity index (χ0v) is 14.2. The predicted octanol–water partition coefficient (Wildman–Crippen LogP) is 2.50. The van der Waals surface area contributed by atoms with Crippen molar-refractivity contribution in [1.82, 2.24) is 14.7 Å². The van der Waals surface area contributed by atoms with Gasteiger partial charge in [0, 0.05) is 25.2 Å². The largest absolute Gasteiger partial charge is 0.494 e. The second-order valence-electron chi connectivity index (χ2n) is 6.38. The predicted molar refractivity (Wildman–Crippen MR) is 90.1 cm³/mol. The molecule has 134 valence electrons. The summed E-state index contributed by atoms with van der Waals surface area (Å²) in [6.07, 6.45) is 3.77. The van der Waals surface area contributed by atoms with Crippen molar-refractivity contribution in [3.63, 3.8) is 0 Å². The van der Waals surface area contributed by atoms with E-state index in [-0.39, 0.29) is 24.0 Å². The summed E-state index contributed by atoms with van der Waals surface area (Å²) in [6, 6.07) is 6.95. The average Bonchev–Trinajstić information content (AvgIpc) is 3.03. The van der Waals surface area contributed by atoms with Crippen LogP contribution in [0, 0.1) is 5.82 Å². The van der Waals surface area contributed by atoms with E-state index in [1.165, 1.54) is 17.9 Å². The zero-order valence-electron chi connectivity index (χ0n) is 14.2. The zero-order chi connectivity index (χ0) is 17.8. The first-order valence-corrected chi connectivity index (χ1v) is 8.35. The van der Waals surface area contributed by atoms with Gasteiger partial charge in [-0.15, -0.1) is 0 Å². The van der Waals surface area contributed by atoms with Crippen molar-refractivity contribution in [3.8, 4) is 5.75 Å². The second-order valence-corrected chi connectivity index (χ2v) is 6.38. The van der Waals surface area contributed by atoms with Crippen LogP contribution in [0.15, 0.2) is 30.5 Å². The van der Waals surface area contributed by atoms with Gasteiger partial charge in [-0.3, -0.25) is 14.4 Å². The number of likely N-dealkylation sites (tertiary alicyclic amines) is 1. The van der Waals surface area contributed by atoms with Crippen LogP contribution in [-0.4, -0.2) is 46.0 Å². The van der Waals surface area contributed by atoms with Gasteiger partial charge >= 0.3 is 5.97 Å². The number of methoxy groups -OCH3 is 1. The van der Waals surface area contributed by atoms with Gasteiger partial charge in [-0.1, -0.05) is 6.07 Å². The van der Waals surface area contributed by atoms with Crippen LogP contribution in [0.2, 0.25) is 0 Å². The Morgan fingerprint density at radius 1 is 1.44 bits per heavy atom. The highest BCUT2D eigenvalue weighted by Crippen LogP contribution is 2.27. The number of piperidine rings is 1. The first-order chi connectivity index (χ1) is 12.0. The SMILES string of the molecule is COc1ccc(CN2CCC[C@@H](c3ccn(CC(=O)O)n3)C2)cc1F. The minimum absolute atomic E-state index is 0.123. The van der Waals surface area contributed by atoms with Crippen molar-refractivity contribution in [2.75, 3.05) is 20.2 Å². The molecule has 2 aromatic rings. The number of rotatable bonds is 6. The Balaban J connectivity index is 1.64. The van der Waals surface area contributed by atoms with Gasteiger partial charge < -0.3 is 9.84 Å². The molecule has 7 heteroatoms. The number of aromatic nitrogens is 2. The average molecular weight is 347 g/mol. The van der Waals surface area contributed by atoms with Crippen molar-refractivity contribution in [1.29, 1.82) is 0 Å². The van der Waals surface area contributed by atoms with E-state index < -0.39 is 5.97 Å². The molecule has 0 aliphatic carbocycles. The van der Waals surface area contributed by atoms with Gasteiger partial charge in [-0.25, -0.2) is 4.39 Å². The summed E-state index contributed by atoms with van der Waals surface area (Å²) < 4.78 is 20.3. The monoisotopic (exact) mass is 347 g/mol. The van der Waals surface area contributed by atoms with E-state index in [1.807, 2.05) is 12.1 Å². The molecule has 1 N–H and O–H groups in total. The molecule has 1 atom stereocenters. The third-order valence-corrected chi connectivity index (χ3v) is 4.50. The summed E-state index contributed by atoms with van der Waals surface area (Å²) in [5.41, 5.74) is 1.84. The summed E-state index contributed by atoms with van der Waals surface area (Å²) in [5.74, 6) is -0.724. The van der Waals surface area contributed by atoms with E-state index in [4.69, 9.17) is 9.84 Å². The maximum Gasteiger partial charge on any atom is 0.325 e.